The van der Waals surface area contributed by atoms with Crippen molar-refractivity contribution < 1.29 is 0 Å². The van der Waals surface area contributed by atoms with Crippen molar-refractivity contribution in [3.8, 4) is 0 Å². The van der Waals surface area contributed by atoms with E-state index >= 15 is 0 Å². The number of nitrogens with one attached hydrogen (secondary N) is 1. The van der Waals surface area contributed by atoms with Gasteiger partial charge in [0.1, 0.15) is 0 Å². The normalized spacial score (nSPS) is 12.5. The standard InChI is InChI=1S/C14H18N2S/c1-9-6-5-7-13(10(9)2)16-12(4)14-11(3)15-8-17-14/h5-8,12,16H,1-4H3. The average molecular weight is 246 g/mol. The number of aryl methyl sites for hydroxylation is 2. The molecule has 1 atom stereocenters. The van der Waals surface area contributed by atoms with Crippen molar-refractivity contribution in [2.75, 3.05) is 5.32 Å². The lowest BCUT2D eigenvalue weighted by atomic mass is 10.1. The molecular weight excluding hydrogens is 228 g/mol. The minimum absolute atomic E-state index is 0.308. The number of hydrogen-bond donors (Lipinski definition) is 1. The van der Waals surface area contributed by atoms with E-state index in [9.17, 15) is 0 Å². The summed E-state index contributed by atoms with van der Waals surface area (Å²) in [5.74, 6) is 0. The summed E-state index contributed by atoms with van der Waals surface area (Å²) in [5.41, 5.74) is 6.89. The van der Waals surface area contributed by atoms with Gasteiger partial charge in [0.15, 0.2) is 0 Å². The fraction of sp³-hybridized carbons (Fsp3) is 0.357. The van der Waals surface area contributed by atoms with E-state index in [1.807, 2.05) is 5.51 Å². The molecule has 1 aromatic heterocycles. The van der Waals surface area contributed by atoms with Crippen molar-refractivity contribution in [3.63, 3.8) is 0 Å². The number of nitrogens with zero attached hydrogens (tertiary/aromatic N) is 1. The molecule has 0 radical (unpaired) electrons. The van der Waals surface area contributed by atoms with Crippen molar-refractivity contribution in [3.05, 3.63) is 45.4 Å². The zero-order valence-corrected chi connectivity index (χ0v) is 11.6. The summed E-state index contributed by atoms with van der Waals surface area (Å²) in [6.45, 7) is 8.54. The first-order valence-corrected chi connectivity index (χ1v) is 6.70. The van der Waals surface area contributed by atoms with Crippen LogP contribution in [0.5, 0.6) is 0 Å². The molecule has 0 bridgehead atoms. The largest absolute Gasteiger partial charge is 0.377 e. The van der Waals surface area contributed by atoms with Gasteiger partial charge in [0, 0.05) is 10.6 Å². The van der Waals surface area contributed by atoms with Crippen molar-refractivity contribution in [2.45, 2.75) is 33.7 Å². The van der Waals surface area contributed by atoms with Gasteiger partial charge >= 0.3 is 0 Å². The van der Waals surface area contributed by atoms with Gasteiger partial charge in [-0.1, -0.05) is 12.1 Å². The lowest BCUT2D eigenvalue weighted by Gasteiger charge is -2.17. The second-order valence-corrected chi connectivity index (χ2v) is 5.30. The van der Waals surface area contributed by atoms with Crippen molar-refractivity contribution in [1.82, 2.24) is 4.98 Å². The quantitative estimate of drug-likeness (QED) is 0.876. The molecule has 0 aliphatic carbocycles. The Hall–Kier alpha value is -1.35. The molecule has 2 rings (SSSR count). The second kappa shape index (κ2) is 4.88. The van der Waals surface area contributed by atoms with Crippen LogP contribution in [0.1, 0.15) is 34.7 Å². The van der Waals surface area contributed by atoms with Gasteiger partial charge in [-0.25, -0.2) is 4.98 Å². The predicted molar refractivity (Wildman–Crippen MR) is 74.8 cm³/mol. The average Bonchev–Trinajstić information content (AvgIpc) is 2.71. The van der Waals surface area contributed by atoms with Gasteiger partial charge < -0.3 is 5.32 Å². The molecule has 0 spiro atoms. The first-order chi connectivity index (χ1) is 8.09. The van der Waals surface area contributed by atoms with Gasteiger partial charge in [0.05, 0.1) is 17.2 Å². The molecule has 1 N–H and O–H groups in total. The number of thiazole rings is 1. The van der Waals surface area contributed by atoms with Gasteiger partial charge in [0.2, 0.25) is 0 Å². The lowest BCUT2D eigenvalue weighted by Crippen LogP contribution is -2.07. The molecule has 2 nitrogen and oxygen atoms in total. The molecule has 0 saturated heterocycles. The smallest absolute Gasteiger partial charge is 0.0798 e. The van der Waals surface area contributed by atoms with Crippen molar-refractivity contribution in [1.29, 1.82) is 0 Å². The lowest BCUT2D eigenvalue weighted by molar-refractivity contribution is 0.887. The zero-order valence-electron chi connectivity index (χ0n) is 10.7. The molecule has 2 aromatic rings. The Labute approximate surface area is 107 Å². The fourth-order valence-corrected chi connectivity index (χ4v) is 2.74. The third kappa shape index (κ3) is 2.50. The molecule has 17 heavy (non-hydrogen) atoms. The van der Waals surface area contributed by atoms with Crippen LogP contribution in [-0.4, -0.2) is 4.98 Å². The van der Waals surface area contributed by atoms with Gasteiger partial charge in [-0.15, -0.1) is 11.3 Å². The van der Waals surface area contributed by atoms with E-state index in [-0.39, 0.29) is 0 Å². The molecule has 1 unspecified atom stereocenters. The van der Waals surface area contributed by atoms with Crippen LogP contribution in [0.15, 0.2) is 23.7 Å². The molecule has 0 amide bonds. The summed E-state index contributed by atoms with van der Waals surface area (Å²) in [4.78, 5) is 5.61. The first kappa shape index (κ1) is 12.1. The van der Waals surface area contributed by atoms with Crippen LogP contribution in [0.4, 0.5) is 5.69 Å². The maximum absolute atomic E-state index is 4.30. The number of benzene rings is 1. The van der Waals surface area contributed by atoms with Crippen LogP contribution in [0, 0.1) is 20.8 Å². The fourth-order valence-electron chi connectivity index (χ4n) is 1.93. The summed E-state index contributed by atoms with van der Waals surface area (Å²) >= 11 is 1.71. The number of anilines is 1. The van der Waals surface area contributed by atoms with Crippen molar-refractivity contribution >= 4 is 17.0 Å². The molecule has 1 heterocycles. The number of rotatable bonds is 3. The molecular formula is C14H18N2S. The van der Waals surface area contributed by atoms with Gasteiger partial charge in [-0.3, -0.25) is 0 Å². The molecule has 0 aliphatic rings. The highest BCUT2D eigenvalue weighted by Crippen LogP contribution is 2.27. The van der Waals surface area contributed by atoms with Crippen LogP contribution in [0.25, 0.3) is 0 Å². The Balaban J connectivity index is 2.22. The van der Waals surface area contributed by atoms with E-state index in [1.54, 1.807) is 11.3 Å². The molecule has 0 fully saturated rings. The minimum atomic E-state index is 0.308. The van der Waals surface area contributed by atoms with Gasteiger partial charge in [0.25, 0.3) is 0 Å². The van der Waals surface area contributed by atoms with Crippen molar-refractivity contribution in [2.24, 2.45) is 0 Å². The molecule has 1 aromatic carbocycles. The Bertz CT molecular complexity index is 517. The van der Waals surface area contributed by atoms with E-state index in [2.05, 4.69) is 56.2 Å². The van der Waals surface area contributed by atoms with Crippen LogP contribution >= 0.6 is 11.3 Å². The highest BCUT2D eigenvalue weighted by atomic mass is 32.1. The highest BCUT2D eigenvalue weighted by molar-refractivity contribution is 7.09. The van der Waals surface area contributed by atoms with E-state index in [1.165, 1.54) is 21.7 Å². The maximum Gasteiger partial charge on any atom is 0.0798 e. The van der Waals surface area contributed by atoms with E-state index in [0.717, 1.165) is 5.69 Å². The third-order valence-electron chi connectivity index (χ3n) is 3.15. The molecule has 0 aliphatic heterocycles. The zero-order chi connectivity index (χ0) is 12.4. The van der Waals surface area contributed by atoms with Crippen LogP contribution in [0.2, 0.25) is 0 Å². The Morgan fingerprint density at radius 2 is 2.00 bits per heavy atom. The van der Waals surface area contributed by atoms with Crippen LogP contribution in [0.3, 0.4) is 0 Å². The SMILES string of the molecule is Cc1cccc(NC(C)c2scnc2C)c1C. The topological polar surface area (TPSA) is 24.9 Å². The van der Waals surface area contributed by atoms with E-state index in [0.29, 0.717) is 6.04 Å². The predicted octanol–water partition coefficient (Wildman–Crippen LogP) is 4.24. The molecule has 3 heteroatoms. The van der Waals surface area contributed by atoms with E-state index in [4.69, 9.17) is 0 Å². The van der Waals surface area contributed by atoms with Crippen LogP contribution < -0.4 is 5.32 Å². The first-order valence-electron chi connectivity index (χ1n) is 5.82. The van der Waals surface area contributed by atoms with E-state index < -0.39 is 0 Å². The van der Waals surface area contributed by atoms with Crippen LogP contribution in [-0.2, 0) is 0 Å². The molecule has 0 saturated carbocycles. The van der Waals surface area contributed by atoms with Gasteiger partial charge in [-0.2, -0.15) is 0 Å². The third-order valence-corrected chi connectivity index (χ3v) is 4.27. The van der Waals surface area contributed by atoms with Gasteiger partial charge in [-0.05, 0) is 44.9 Å². The number of hydrogen-bond acceptors (Lipinski definition) is 3. The summed E-state index contributed by atoms with van der Waals surface area (Å²) in [6, 6.07) is 6.68. The Morgan fingerprint density at radius 1 is 1.24 bits per heavy atom. The highest BCUT2D eigenvalue weighted by Gasteiger charge is 2.11. The minimum Gasteiger partial charge on any atom is -0.377 e. The molecule has 90 valence electrons. The maximum atomic E-state index is 4.30. The summed E-state index contributed by atoms with van der Waals surface area (Å²) in [5, 5.41) is 3.56. The second-order valence-electron chi connectivity index (χ2n) is 4.42. The number of aromatic nitrogens is 1. The monoisotopic (exact) mass is 246 g/mol. The Morgan fingerprint density at radius 3 is 2.65 bits per heavy atom. The summed E-state index contributed by atoms with van der Waals surface area (Å²) in [6.07, 6.45) is 0. The summed E-state index contributed by atoms with van der Waals surface area (Å²) in [7, 11) is 0. The Kier molecular flexibility index (Phi) is 3.48. The summed E-state index contributed by atoms with van der Waals surface area (Å²) < 4.78 is 0.